The summed E-state index contributed by atoms with van der Waals surface area (Å²) < 4.78 is 7.48. The monoisotopic (exact) mass is 280 g/mol. The van der Waals surface area contributed by atoms with Crippen LogP contribution in [0, 0.1) is 0 Å². The number of hydrogen-bond acceptors (Lipinski definition) is 5. The van der Waals surface area contributed by atoms with Crippen LogP contribution in [-0.2, 0) is 6.54 Å². The number of aryl methyl sites for hydroxylation is 1. The highest BCUT2D eigenvalue weighted by atomic mass is 35.5. The summed E-state index contributed by atoms with van der Waals surface area (Å²) in [5.41, 5.74) is 0. The van der Waals surface area contributed by atoms with Crippen molar-refractivity contribution in [1.29, 1.82) is 0 Å². The Morgan fingerprint density at radius 1 is 1.44 bits per heavy atom. The molecule has 0 radical (unpaired) electrons. The zero-order valence-electron chi connectivity index (χ0n) is 9.50. The van der Waals surface area contributed by atoms with E-state index >= 15 is 0 Å². The molecule has 0 aromatic carbocycles. The predicted molar refractivity (Wildman–Crippen MR) is 70.4 cm³/mol. The Hall–Kier alpha value is -1.66. The van der Waals surface area contributed by atoms with E-state index in [0.29, 0.717) is 11.6 Å². The molecule has 5 nitrogen and oxygen atoms in total. The Bertz CT molecular complexity index is 693. The lowest BCUT2D eigenvalue weighted by atomic mass is 10.4. The fraction of sp³-hybridized carbons (Fsp3) is 0.182. The lowest BCUT2D eigenvalue weighted by molar-refractivity contribution is 0.467. The summed E-state index contributed by atoms with van der Waals surface area (Å²) in [6.45, 7) is 2.80. The van der Waals surface area contributed by atoms with Crippen molar-refractivity contribution in [1.82, 2.24) is 19.7 Å². The van der Waals surface area contributed by atoms with E-state index in [1.165, 1.54) is 11.3 Å². The number of fused-ring (bicyclic) bond motifs is 1. The van der Waals surface area contributed by atoms with Gasteiger partial charge in [0.15, 0.2) is 5.75 Å². The van der Waals surface area contributed by atoms with Gasteiger partial charge in [-0.2, -0.15) is 10.1 Å². The van der Waals surface area contributed by atoms with E-state index in [9.17, 15) is 0 Å². The Kier molecular flexibility index (Phi) is 2.89. The highest BCUT2D eigenvalue weighted by Gasteiger charge is 2.10. The second-order valence-electron chi connectivity index (χ2n) is 3.57. The Morgan fingerprint density at radius 3 is 3.11 bits per heavy atom. The second-order valence-corrected chi connectivity index (χ2v) is 4.80. The zero-order valence-corrected chi connectivity index (χ0v) is 11.1. The number of halogens is 1. The normalized spacial score (nSPS) is 11.0. The van der Waals surface area contributed by atoms with E-state index in [0.717, 1.165) is 16.8 Å². The van der Waals surface area contributed by atoms with Gasteiger partial charge in [0.1, 0.15) is 4.83 Å². The van der Waals surface area contributed by atoms with Gasteiger partial charge in [-0.15, -0.1) is 11.3 Å². The molecule has 3 aromatic rings. The minimum Gasteiger partial charge on any atom is -0.435 e. The maximum atomic E-state index is 5.86. The summed E-state index contributed by atoms with van der Waals surface area (Å²) in [5, 5.41) is 7.11. The van der Waals surface area contributed by atoms with Crippen LogP contribution >= 0.6 is 22.9 Å². The third-order valence-corrected chi connectivity index (χ3v) is 3.39. The molecule has 0 aliphatic rings. The first-order chi connectivity index (χ1) is 8.76. The van der Waals surface area contributed by atoms with Crippen molar-refractivity contribution in [3.8, 4) is 11.6 Å². The van der Waals surface area contributed by atoms with Crippen LogP contribution in [0.1, 0.15) is 6.92 Å². The van der Waals surface area contributed by atoms with Crippen molar-refractivity contribution in [3.05, 3.63) is 29.1 Å². The van der Waals surface area contributed by atoms with Gasteiger partial charge in [0.25, 0.3) is 0 Å². The summed E-state index contributed by atoms with van der Waals surface area (Å²) in [4.78, 5) is 9.05. The minimum atomic E-state index is 0.183. The van der Waals surface area contributed by atoms with Crippen LogP contribution in [0.15, 0.2) is 23.8 Å². The molecule has 0 saturated carbocycles. The van der Waals surface area contributed by atoms with Crippen LogP contribution in [0.2, 0.25) is 5.28 Å². The highest BCUT2D eigenvalue weighted by molar-refractivity contribution is 7.16. The number of hydrogen-bond donors (Lipinski definition) is 0. The van der Waals surface area contributed by atoms with Gasteiger partial charge in [-0.05, 0) is 30.0 Å². The highest BCUT2D eigenvalue weighted by Crippen LogP contribution is 2.31. The number of thiophene rings is 1. The number of ether oxygens (including phenoxy) is 1. The molecule has 3 aromatic heterocycles. The number of rotatable bonds is 3. The lowest BCUT2D eigenvalue weighted by Gasteiger charge is -2.03. The summed E-state index contributed by atoms with van der Waals surface area (Å²) in [6.07, 6.45) is 3.46. The van der Waals surface area contributed by atoms with Gasteiger partial charge in [0.05, 0.1) is 17.8 Å². The van der Waals surface area contributed by atoms with E-state index in [1.807, 2.05) is 24.6 Å². The van der Waals surface area contributed by atoms with Crippen LogP contribution in [0.3, 0.4) is 0 Å². The van der Waals surface area contributed by atoms with Gasteiger partial charge in [0.2, 0.25) is 11.2 Å². The van der Waals surface area contributed by atoms with Gasteiger partial charge in [-0.1, -0.05) is 0 Å². The maximum absolute atomic E-state index is 5.86. The maximum Gasteiger partial charge on any atom is 0.232 e. The average molecular weight is 281 g/mol. The van der Waals surface area contributed by atoms with Gasteiger partial charge in [-0.25, -0.2) is 4.98 Å². The first-order valence-electron chi connectivity index (χ1n) is 5.37. The van der Waals surface area contributed by atoms with Gasteiger partial charge >= 0.3 is 0 Å². The van der Waals surface area contributed by atoms with Crippen molar-refractivity contribution in [3.63, 3.8) is 0 Å². The molecule has 0 aliphatic heterocycles. The quantitative estimate of drug-likeness (QED) is 0.690. The Morgan fingerprint density at radius 2 is 2.33 bits per heavy atom. The Balaban J connectivity index is 2.00. The van der Waals surface area contributed by atoms with E-state index in [1.54, 1.807) is 10.9 Å². The van der Waals surface area contributed by atoms with E-state index in [-0.39, 0.29) is 5.28 Å². The second kappa shape index (κ2) is 4.55. The SMILES string of the molecule is CCn1cc(Oc2nc(Cl)nc3sccc23)cn1. The fourth-order valence-corrected chi connectivity index (χ4v) is 2.53. The molecule has 0 saturated heterocycles. The average Bonchev–Trinajstić information content (AvgIpc) is 2.97. The summed E-state index contributed by atoms with van der Waals surface area (Å²) >= 11 is 7.36. The van der Waals surface area contributed by atoms with Gasteiger partial charge < -0.3 is 4.74 Å². The Labute approximate surface area is 112 Å². The molecular weight excluding hydrogens is 272 g/mol. The molecule has 0 spiro atoms. The van der Waals surface area contributed by atoms with Crippen molar-refractivity contribution in [2.75, 3.05) is 0 Å². The molecule has 18 heavy (non-hydrogen) atoms. The zero-order chi connectivity index (χ0) is 12.5. The number of aromatic nitrogens is 4. The molecule has 3 heterocycles. The van der Waals surface area contributed by atoms with E-state index in [4.69, 9.17) is 16.3 Å². The summed E-state index contributed by atoms with van der Waals surface area (Å²) in [5.74, 6) is 1.10. The van der Waals surface area contributed by atoms with Crippen molar-refractivity contribution < 1.29 is 4.74 Å². The fourth-order valence-electron chi connectivity index (χ4n) is 1.56. The first-order valence-corrected chi connectivity index (χ1v) is 6.63. The van der Waals surface area contributed by atoms with Crippen molar-refractivity contribution in [2.24, 2.45) is 0 Å². The van der Waals surface area contributed by atoms with Crippen molar-refractivity contribution >= 4 is 33.2 Å². The molecule has 92 valence electrons. The molecule has 0 aliphatic carbocycles. The molecule has 0 bridgehead atoms. The molecule has 7 heteroatoms. The molecule has 0 fully saturated rings. The van der Waals surface area contributed by atoms with Crippen LogP contribution in [0.4, 0.5) is 0 Å². The smallest absolute Gasteiger partial charge is 0.232 e. The first kappa shape index (κ1) is 11.4. The van der Waals surface area contributed by atoms with Crippen LogP contribution in [-0.4, -0.2) is 19.7 Å². The summed E-state index contributed by atoms with van der Waals surface area (Å²) in [7, 11) is 0. The van der Waals surface area contributed by atoms with E-state index in [2.05, 4.69) is 15.1 Å². The van der Waals surface area contributed by atoms with Crippen LogP contribution in [0.25, 0.3) is 10.2 Å². The standard InChI is InChI=1S/C11H9ClN4OS/c1-2-16-6-7(5-13-16)17-9-8-3-4-18-10(8)15-11(12)14-9/h3-6H,2H2,1H3. The molecular formula is C11H9ClN4OS. The lowest BCUT2D eigenvalue weighted by Crippen LogP contribution is -1.92. The minimum absolute atomic E-state index is 0.183. The molecule has 0 unspecified atom stereocenters. The third kappa shape index (κ3) is 2.04. The van der Waals surface area contributed by atoms with E-state index < -0.39 is 0 Å². The van der Waals surface area contributed by atoms with Crippen molar-refractivity contribution in [2.45, 2.75) is 13.5 Å². The van der Waals surface area contributed by atoms with Gasteiger partial charge in [-0.3, -0.25) is 4.68 Å². The largest absolute Gasteiger partial charge is 0.435 e. The number of nitrogens with zero attached hydrogens (tertiary/aromatic N) is 4. The summed E-state index contributed by atoms with van der Waals surface area (Å²) in [6, 6.07) is 1.91. The van der Waals surface area contributed by atoms with Gasteiger partial charge in [0, 0.05) is 6.54 Å². The van der Waals surface area contributed by atoms with Crippen LogP contribution in [0.5, 0.6) is 11.6 Å². The van der Waals surface area contributed by atoms with Crippen LogP contribution < -0.4 is 4.74 Å². The molecule has 0 amide bonds. The molecule has 3 rings (SSSR count). The predicted octanol–water partition coefficient (Wildman–Crippen LogP) is 3.35. The molecule has 0 atom stereocenters. The third-order valence-electron chi connectivity index (χ3n) is 2.41. The molecule has 0 N–H and O–H groups in total. The topological polar surface area (TPSA) is 52.8 Å².